The van der Waals surface area contributed by atoms with Gasteiger partial charge >= 0.3 is 0 Å². The number of carbonyl (C=O) groups is 1. The molecule has 1 aliphatic heterocycles. The Bertz CT molecular complexity index is 1230. The van der Waals surface area contributed by atoms with Gasteiger partial charge in [0.2, 0.25) is 5.76 Å². The number of aliphatic hydroxyl groups is 1. The molecule has 4 rings (SSSR count). The van der Waals surface area contributed by atoms with Crippen LogP contribution in [0.25, 0.3) is 11.0 Å². The van der Waals surface area contributed by atoms with E-state index in [1.807, 2.05) is 13.0 Å². The summed E-state index contributed by atoms with van der Waals surface area (Å²) in [6.07, 6.45) is 1.63. The molecule has 160 valence electrons. The van der Waals surface area contributed by atoms with E-state index in [9.17, 15) is 14.7 Å². The number of aryl methyl sites for hydroxylation is 1. The third-order valence-corrected chi connectivity index (χ3v) is 5.32. The Kier molecular flexibility index (Phi) is 5.52. The second-order valence-electron chi connectivity index (χ2n) is 7.31. The highest BCUT2D eigenvalue weighted by molar-refractivity contribution is 5.99. The lowest BCUT2D eigenvalue weighted by molar-refractivity contribution is 0.0691. The van der Waals surface area contributed by atoms with Crippen molar-refractivity contribution in [1.29, 1.82) is 0 Å². The fourth-order valence-corrected chi connectivity index (χ4v) is 3.94. The summed E-state index contributed by atoms with van der Waals surface area (Å²) in [7, 11) is 1.52. The van der Waals surface area contributed by atoms with Crippen molar-refractivity contribution in [2.75, 3.05) is 26.9 Å². The van der Waals surface area contributed by atoms with Crippen LogP contribution in [0.2, 0.25) is 0 Å². The maximum atomic E-state index is 13.4. The fraction of sp³-hybridized carbons (Fsp3) is 0.250. The number of hydrogen-bond acceptors (Lipinski definition) is 6. The first kappa shape index (κ1) is 20.7. The predicted molar refractivity (Wildman–Crippen MR) is 116 cm³/mol. The van der Waals surface area contributed by atoms with Gasteiger partial charge in [-0.05, 0) is 36.8 Å². The molecule has 1 aliphatic rings. The average Bonchev–Trinajstić information content (AvgIpc) is 3.05. The first-order valence-corrected chi connectivity index (χ1v) is 9.91. The summed E-state index contributed by atoms with van der Waals surface area (Å²) >= 11 is 0. The van der Waals surface area contributed by atoms with Crippen molar-refractivity contribution in [2.45, 2.75) is 13.0 Å². The van der Waals surface area contributed by atoms with Gasteiger partial charge in [-0.1, -0.05) is 30.4 Å². The number of benzene rings is 2. The van der Waals surface area contributed by atoms with E-state index in [4.69, 9.17) is 13.9 Å². The molecule has 0 fully saturated rings. The van der Waals surface area contributed by atoms with Crippen molar-refractivity contribution in [3.8, 4) is 11.5 Å². The minimum absolute atomic E-state index is 0.00533. The van der Waals surface area contributed by atoms with Crippen LogP contribution in [0.3, 0.4) is 0 Å². The Morgan fingerprint density at radius 1 is 1.19 bits per heavy atom. The first-order chi connectivity index (χ1) is 15.0. The normalized spacial score (nSPS) is 15.3. The van der Waals surface area contributed by atoms with Crippen LogP contribution in [-0.2, 0) is 0 Å². The molecule has 31 heavy (non-hydrogen) atoms. The molecule has 0 saturated carbocycles. The minimum atomic E-state index is -0.710. The summed E-state index contributed by atoms with van der Waals surface area (Å²) in [5.74, 6) is 0.557. The molecule has 0 radical (unpaired) electrons. The minimum Gasteiger partial charge on any atom is -0.493 e. The molecule has 2 heterocycles. The highest BCUT2D eigenvalue weighted by Gasteiger charge is 2.42. The maximum absolute atomic E-state index is 13.4. The van der Waals surface area contributed by atoms with Crippen molar-refractivity contribution >= 4 is 16.9 Å². The number of hydrogen-bond donors (Lipinski definition) is 1. The largest absolute Gasteiger partial charge is 0.493 e. The first-order valence-electron chi connectivity index (χ1n) is 9.91. The van der Waals surface area contributed by atoms with Gasteiger partial charge in [0.15, 0.2) is 16.9 Å². The highest BCUT2D eigenvalue weighted by atomic mass is 16.5. The van der Waals surface area contributed by atoms with Gasteiger partial charge in [0, 0.05) is 6.54 Å². The van der Waals surface area contributed by atoms with Gasteiger partial charge in [0.1, 0.15) is 12.2 Å². The number of β-amino-alcohol motifs (C(OH)–C–C–N with tert-alkyl or cyclic N) is 1. The molecule has 1 amide bonds. The Morgan fingerprint density at radius 3 is 2.71 bits per heavy atom. The molecule has 7 nitrogen and oxygen atoms in total. The van der Waals surface area contributed by atoms with Crippen LogP contribution in [0, 0.1) is 6.92 Å². The maximum Gasteiger partial charge on any atom is 0.290 e. The molecule has 0 saturated heterocycles. The van der Waals surface area contributed by atoms with E-state index in [1.165, 1.54) is 12.0 Å². The second-order valence-corrected chi connectivity index (χ2v) is 7.31. The SMILES string of the molecule is C=CCOc1ccc([C@@H]2c3c(oc4ccc(C)cc4c3=O)C(=O)N2CCO)cc1OC. The van der Waals surface area contributed by atoms with E-state index in [1.54, 1.807) is 36.4 Å². The number of fused-ring (bicyclic) bond motifs is 2. The Balaban J connectivity index is 1.92. The number of nitrogens with zero attached hydrogens (tertiary/aromatic N) is 1. The number of ether oxygens (including phenoxy) is 2. The van der Waals surface area contributed by atoms with Gasteiger partial charge in [0.25, 0.3) is 5.91 Å². The van der Waals surface area contributed by atoms with Gasteiger partial charge in [0.05, 0.1) is 30.7 Å². The number of aliphatic hydroxyl groups excluding tert-OH is 1. The number of amides is 1. The van der Waals surface area contributed by atoms with Crippen LogP contribution in [0.15, 0.2) is 58.3 Å². The highest BCUT2D eigenvalue weighted by Crippen LogP contribution is 2.40. The van der Waals surface area contributed by atoms with Crippen LogP contribution >= 0.6 is 0 Å². The second kappa shape index (κ2) is 8.28. The molecular formula is C24H23NO6. The smallest absolute Gasteiger partial charge is 0.290 e. The standard InChI is InChI=1S/C24H23NO6/c1-4-11-30-18-8-6-15(13-19(18)29-3)21-20-22(27)16-12-14(2)5-7-17(16)31-23(20)24(28)25(21)9-10-26/h4-8,12-13,21,26H,1,9-11H2,2-3H3/t21-/m1/s1. The van der Waals surface area contributed by atoms with Crippen LogP contribution in [0.1, 0.15) is 33.3 Å². The summed E-state index contributed by atoms with van der Waals surface area (Å²) in [5, 5.41) is 9.99. The third kappa shape index (κ3) is 3.47. The molecule has 0 bridgehead atoms. The van der Waals surface area contributed by atoms with Crippen molar-refractivity contribution in [3.05, 3.63) is 81.7 Å². The van der Waals surface area contributed by atoms with Crippen LogP contribution in [0.4, 0.5) is 0 Å². The van der Waals surface area contributed by atoms with E-state index < -0.39 is 11.9 Å². The van der Waals surface area contributed by atoms with E-state index >= 15 is 0 Å². The van der Waals surface area contributed by atoms with Gasteiger partial charge in [-0.25, -0.2) is 0 Å². The Morgan fingerprint density at radius 2 is 2.00 bits per heavy atom. The van der Waals surface area contributed by atoms with Crippen LogP contribution < -0.4 is 14.9 Å². The zero-order valence-electron chi connectivity index (χ0n) is 17.4. The van der Waals surface area contributed by atoms with Crippen molar-refractivity contribution in [1.82, 2.24) is 4.90 Å². The van der Waals surface area contributed by atoms with Crippen molar-refractivity contribution < 1.29 is 23.8 Å². The van der Waals surface area contributed by atoms with E-state index in [0.717, 1.165) is 5.56 Å². The zero-order valence-corrected chi connectivity index (χ0v) is 17.4. The lowest BCUT2D eigenvalue weighted by Gasteiger charge is -2.25. The molecule has 3 aromatic rings. The number of carbonyl (C=O) groups excluding carboxylic acids is 1. The molecule has 0 unspecified atom stereocenters. The molecular weight excluding hydrogens is 398 g/mol. The molecule has 1 N–H and O–H groups in total. The molecule has 7 heteroatoms. The van der Waals surface area contributed by atoms with Crippen LogP contribution in [0.5, 0.6) is 11.5 Å². The molecule has 2 aromatic carbocycles. The molecule has 1 atom stereocenters. The van der Waals surface area contributed by atoms with Crippen LogP contribution in [-0.4, -0.2) is 42.8 Å². The Hall–Kier alpha value is -3.58. The summed E-state index contributed by atoms with van der Waals surface area (Å²) in [6, 6.07) is 9.80. The zero-order chi connectivity index (χ0) is 22.1. The molecule has 0 spiro atoms. The van der Waals surface area contributed by atoms with Gasteiger partial charge < -0.3 is 23.9 Å². The van der Waals surface area contributed by atoms with Gasteiger partial charge in [-0.15, -0.1) is 0 Å². The van der Waals surface area contributed by atoms with Gasteiger partial charge in [-0.3, -0.25) is 9.59 Å². The predicted octanol–water partition coefficient (Wildman–Crippen LogP) is 3.21. The summed E-state index contributed by atoms with van der Waals surface area (Å²) < 4.78 is 16.9. The number of methoxy groups -OCH3 is 1. The summed E-state index contributed by atoms with van der Waals surface area (Å²) in [4.78, 5) is 28.0. The Labute approximate surface area is 179 Å². The van der Waals surface area contributed by atoms with Gasteiger partial charge in [-0.2, -0.15) is 0 Å². The molecule has 1 aromatic heterocycles. The monoisotopic (exact) mass is 421 g/mol. The lowest BCUT2D eigenvalue weighted by Crippen LogP contribution is -2.32. The van der Waals surface area contributed by atoms with Crippen molar-refractivity contribution in [2.24, 2.45) is 0 Å². The van der Waals surface area contributed by atoms with E-state index in [0.29, 0.717) is 34.6 Å². The quantitative estimate of drug-likeness (QED) is 0.590. The third-order valence-electron chi connectivity index (χ3n) is 5.32. The summed E-state index contributed by atoms with van der Waals surface area (Å²) in [6.45, 7) is 5.64. The fourth-order valence-electron chi connectivity index (χ4n) is 3.94. The summed E-state index contributed by atoms with van der Waals surface area (Å²) in [5.41, 5.74) is 1.93. The number of rotatable bonds is 7. The lowest BCUT2D eigenvalue weighted by atomic mass is 9.97. The van der Waals surface area contributed by atoms with E-state index in [-0.39, 0.29) is 29.9 Å². The average molecular weight is 421 g/mol. The molecule has 0 aliphatic carbocycles. The van der Waals surface area contributed by atoms with Crippen molar-refractivity contribution in [3.63, 3.8) is 0 Å². The van der Waals surface area contributed by atoms with E-state index in [2.05, 4.69) is 6.58 Å². The topological polar surface area (TPSA) is 89.2 Å².